The number of benzene rings is 8. The van der Waals surface area contributed by atoms with Gasteiger partial charge < -0.3 is 4.57 Å². The van der Waals surface area contributed by atoms with Gasteiger partial charge in [0.15, 0.2) is 17.5 Å². The Labute approximate surface area is 375 Å². The lowest BCUT2D eigenvalue weighted by atomic mass is 9.63. The average Bonchev–Trinajstić information content (AvgIpc) is 3.76. The first kappa shape index (κ1) is 38.5. The van der Waals surface area contributed by atoms with Crippen LogP contribution in [0.4, 0.5) is 0 Å². The molecular formula is C60H50N4. The van der Waals surface area contributed by atoms with Gasteiger partial charge in [0, 0.05) is 38.6 Å². The molecule has 12 rings (SSSR count). The van der Waals surface area contributed by atoms with Gasteiger partial charge in [-0.15, -0.1) is 0 Å². The molecule has 2 aromatic heterocycles. The van der Waals surface area contributed by atoms with Crippen LogP contribution in [0.3, 0.4) is 0 Å². The third kappa shape index (κ3) is 5.92. The van der Waals surface area contributed by atoms with Gasteiger partial charge in [-0.2, -0.15) is 0 Å². The Morgan fingerprint density at radius 3 is 1.64 bits per heavy atom. The Balaban J connectivity index is 1.01. The number of hydrogen-bond donors (Lipinski definition) is 0. The zero-order valence-electron chi connectivity index (χ0n) is 37.4. The first-order valence-electron chi connectivity index (χ1n) is 22.7. The zero-order valence-corrected chi connectivity index (χ0v) is 37.4. The molecular weight excluding hydrogens is 777 g/mol. The Kier molecular flexibility index (Phi) is 8.37. The smallest absolute Gasteiger partial charge is 0.164 e. The molecule has 0 amide bonds. The number of hydrogen-bond acceptors (Lipinski definition) is 3. The molecule has 0 N–H and O–H groups in total. The van der Waals surface area contributed by atoms with E-state index < -0.39 is 0 Å². The Hall–Kier alpha value is -7.17. The fraction of sp³-hybridized carbons (Fsp3) is 0.183. The molecule has 0 aliphatic heterocycles. The normalized spacial score (nSPS) is 15.6. The number of rotatable bonds is 5. The van der Waals surface area contributed by atoms with Gasteiger partial charge in [0.25, 0.3) is 0 Å². The second-order valence-corrected chi connectivity index (χ2v) is 19.9. The molecule has 0 spiro atoms. The molecule has 10 aromatic rings. The summed E-state index contributed by atoms with van der Waals surface area (Å²) in [6.45, 7) is 14.3. The molecule has 310 valence electrons. The van der Waals surface area contributed by atoms with Crippen LogP contribution in [-0.4, -0.2) is 19.5 Å². The summed E-state index contributed by atoms with van der Waals surface area (Å²) in [7, 11) is 0. The van der Waals surface area contributed by atoms with Crippen molar-refractivity contribution in [2.45, 2.75) is 70.6 Å². The highest BCUT2D eigenvalue weighted by atomic mass is 15.0. The minimum absolute atomic E-state index is 0.0578. The summed E-state index contributed by atoms with van der Waals surface area (Å²) in [5.41, 5.74) is 17.2. The fourth-order valence-corrected chi connectivity index (χ4v) is 11.0. The Morgan fingerprint density at radius 1 is 0.391 bits per heavy atom. The molecule has 2 aliphatic carbocycles. The topological polar surface area (TPSA) is 43.6 Å². The van der Waals surface area contributed by atoms with Gasteiger partial charge in [0.2, 0.25) is 0 Å². The second kappa shape index (κ2) is 13.9. The third-order valence-electron chi connectivity index (χ3n) is 14.7. The third-order valence-corrected chi connectivity index (χ3v) is 14.7. The lowest BCUT2D eigenvalue weighted by Gasteiger charge is -2.42. The molecule has 4 nitrogen and oxygen atoms in total. The fourth-order valence-electron chi connectivity index (χ4n) is 11.0. The van der Waals surface area contributed by atoms with Crippen molar-refractivity contribution in [1.29, 1.82) is 0 Å². The van der Waals surface area contributed by atoms with E-state index >= 15 is 0 Å². The summed E-state index contributed by atoms with van der Waals surface area (Å²) in [6.07, 6.45) is 2.33. The highest BCUT2D eigenvalue weighted by Crippen LogP contribution is 2.52. The lowest BCUT2D eigenvalue weighted by molar-refractivity contribution is 0.332. The van der Waals surface area contributed by atoms with Crippen LogP contribution in [0.15, 0.2) is 170 Å². The summed E-state index contributed by atoms with van der Waals surface area (Å²) in [5, 5.41) is 5.04. The Morgan fingerprint density at radius 2 is 0.906 bits per heavy atom. The molecule has 64 heavy (non-hydrogen) atoms. The molecule has 4 heteroatoms. The second-order valence-electron chi connectivity index (χ2n) is 19.9. The summed E-state index contributed by atoms with van der Waals surface area (Å²) in [6, 6.07) is 61.9. The molecule has 0 atom stereocenters. The summed E-state index contributed by atoms with van der Waals surface area (Å²) < 4.78 is 2.47. The van der Waals surface area contributed by atoms with E-state index in [0.717, 1.165) is 28.8 Å². The van der Waals surface area contributed by atoms with Crippen molar-refractivity contribution in [3.05, 3.63) is 192 Å². The van der Waals surface area contributed by atoms with E-state index in [1.165, 1.54) is 83.5 Å². The highest BCUT2D eigenvalue weighted by molar-refractivity contribution is 6.14. The van der Waals surface area contributed by atoms with E-state index in [2.05, 4.69) is 198 Å². The van der Waals surface area contributed by atoms with Crippen molar-refractivity contribution in [2.24, 2.45) is 0 Å². The van der Waals surface area contributed by atoms with Gasteiger partial charge in [0.05, 0.1) is 11.0 Å². The van der Waals surface area contributed by atoms with E-state index in [4.69, 9.17) is 15.0 Å². The van der Waals surface area contributed by atoms with Crippen molar-refractivity contribution in [3.8, 4) is 62.1 Å². The quantitative estimate of drug-likeness (QED) is 0.174. The van der Waals surface area contributed by atoms with Crippen LogP contribution in [0, 0.1) is 0 Å². The van der Waals surface area contributed by atoms with Crippen molar-refractivity contribution in [2.75, 3.05) is 0 Å². The maximum atomic E-state index is 5.26. The number of fused-ring (bicyclic) bond motifs is 8. The van der Waals surface area contributed by atoms with Crippen molar-refractivity contribution in [1.82, 2.24) is 19.5 Å². The molecule has 0 saturated carbocycles. The lowest BCUT2D eigenvalue weighted by Crippen LogP contribution is -2.33. The van der Waals surface area contributed by atoms with Gasteiger partial charge in [-0.25, -0.2) is 15.0 Å². The maximum absolute atomic E-state index is 5.26. The van der Waals surface area contributed by atoms with Gasteiger partial charge in [-0.05, 0) is 115 Å². The average molecular weight is 827 g/mol. The van der Waals surface area contributed by atoms with Crippen molar-refractivity contribution >= 4 is 32.6 Å². The predicted molar refractivity (Wildman–Crippen MR) is 266 cm³/mol. The van der Waals surface area contributed by atoms with Crippen LogP contribution < -0.4 is 0 Å². The Bertz CT molecular complexity index is 3520. The van der Waals surface area contributed by atoms with Crippen LogP contribution in [-0.2, 0) is 16.2 Å². The van der Waals surface area contributed by atoms with Gasteiger partial charge in [0.1, 0.15) is 0 Å². The first-order chi connectivity index (χ1) is 30.9. The van der Waals surface area contributed by atoms with E-state index in [1.807, 2.05) is 18.2 Å². The van der Waals surface area contributed by atoms with Crippen LogP contribution in [0.1, 0.15) is 76.6 Å². The number of aromatic nitrogens is 4. The summed E-state index contributed by atoms with van der Waals surface area (Å²) in [5.74, 6) is 1.93. The zero-order chi connectivity index (χ0) is 43.5. The number of nitrogens with zero attached hydrogens (tertiary/aromatic N) is 4. The molecule has 0 radical (unpaired) electrons. The van der Waals surface area contributed by atoms with Crippen LogP contribution in [0.2, 0.25) is 0 Å². The first-order valence-corrected chi connectivity index (χ1v) is 22.7. The van der Waals surface area contributed by atoms with Crippen LogP contribution in [0.5, 0.6) is 0 Å². The van der Waals surface area contributed by atoms with E-state index in [9.17, 15) is 0 Å². The largest absolute Gasteiger partial charge is 0.309 e. The van der Waals surface area contributed by atoms with Gasteiger partial charge in [-0.1, -0.05) is 175 Å². The molecule has 0 saturated heterocycles. The van der Waals surface area contributed by atoms with Crippen molar-refractivity contribution in [3.63, 3.8) is 0 Å². The SMILES string of the molecule is CC1(C)CCC(C)(C)c2cc3c(cc21)c1cc2ccccc2cc1n3-c1cccc(-c2nc(-c3ccccc3)nc(-c3ccc(-c4cccc5c4-c4ccccc4C5(C)C)cc3)n2)c1. The van der Waals surface area contributed by atoms with Gasteiger partial charge >= 0.3 is 0 Å². The highest BCUT2D eigenvalue weighted by Gasteiger charge is 2.39. The molecule has 8 aromatic carbocycles. The minimum atomic E-state index is -0.0578. The molecule has 0 unspecified atom stereocenters. The van der Waals surface area contributed by atoms with Crippen LogP contribution >= 0.6 is 0 Å². The molecule has 2 heterocycles. The van der Waals surface area contributed by atoms with Gasteiger partial charge in [-0.3, -0.25) is 0 Å². The van der Waals surface area contributed by atoms with E-state index in [1.54, 1.807) is 0 Å². The summed E-state index contributed by atoms with van der Waals surface area (Å²) in [4.78, 5) is 15.6. The predicted octanol–water partition coefficient (Wildman–Crippen LogP) is 15.4. The minimum Gasteiger partial charge on any atom is -0.309 e. The van der Waals surface area contributed by atoms with E-state index in [-0.39, 0.29) is 16.2 Å². The molecule has 0 fully saturated rings. The van der Waals surface area contributed by atoms with Crippen LogP contribution in [0.25, 0.3) is 94.7 Å². The molecule has 2 aliphatic rings. The summed E-state index contributed by atoms with van der Waals surface area (Å²) >= 11 is 0. The van der Waals surface area contributed by atoms with Crippen molar-refractivity contribution < 1.29 is 0 Å². The van der Waals surface area contributed by atoms with E-state index in [0.29, 0.717) is 17.5 Å². The standard InChI is InChI=1S/C60H50N4/c1-58(2)30-31-59(3,4)51-36-53-47(35-50(51)58)46-33-40-18-10-11-19-41(40)34-52(46)64(53)43-21-14-20-42(32-43)57-62-55(38-16-8-7-9-17-38)61-56(63-57)39-28-26-37(27-29-39)44-23-15-25-49-54(44)45-22-12-13-24-48(45)60(49,5)6/h7-29,32-36H,30-31H2,1-6H3. The maximum Gasteiger partial charge on any atom is 0.164 e. The monoisotopic (exact) mass is 826 g/mol. The molecule has 0 bridgehead atoms.